The third-order valence-corrected chi connectivity index (χ3v) is 3.72. The summed E-state index contributed by atoms with van der Waals surface area (Å²) < 4.78 is 5.71. The Morgan fingerprint density at radius 2 is 2.00 bits per heavy atom. The van der Waals surface area contributed by atoms with Crippen LogP contribution in [0.3, 0.4) is 0 Å². The van der Waals surface area contributed by atoms with Crippen LogP contribution >= 0.6 is 15.9 Å². The van der Waals surface area contributed by atoms with E-state index in [1.54, 1.807) is 36.5 Å². The van der Waals surface area contributed by atoms with Gasteiger partial charge in [-0.05, 0) is 47.1 Å². The number of hydrogen-bond donors (Lipinski definition) is 2. The molecule has 0 bridgehead atoms. The highest BCUT2D eigenvalue weighted by atomic mass is 79.9. The van der Waals surface area contributed by atoms with Crippen molar-refractivity contribution in [1.82, 2.24) is 10.1 Å². The summed E-state index contributed by atoms with van der Waals surface area (Å²) in [6.45, 7) is 1.82. The molecule has 0 radical (unpaired) electrons. The normalized spacial score (nSPS) is 10.3. The van der Waals surface area contributed by atoms with Crippen LogP contribution in [0.4, 0.5) is 17.3 Å². The van der Waals surface area contributed by atoms with Gasteiger partial charge in [-0.15, -0.1) is 0 Å². The number of carbonyl (C=O) groups is 1. The predicted octanol–water partition coefficient (Wildman–Crippen LogP) is 4.14. The summed E-state index contributed by atoms with van der Waals surface area (Å²) >= 11 is 3.35. The van der Waals surface area contributed by atoms with Crippen molar-refractivity contribution in [2.24, 2.45) is 0 Å². The van der Waals surface area contributed by atoms with E-state index in [1.807, 2.05) is 19.1 Å². The van der Waals surface area contributed by atoms with Gasteiger partial charge >= 0.3 is 0 Å². The Bertz CT molecular complexity index is 830. The van der Waals surface area contributed by atoms with Crippen LogP contribution in [0.1, 0.15) is 16.1 Å². The van der Waals surface area contributed by atoms with Gasteiger partial charge in [0, 0.05) is 10.5 Å². The molecule has 7 heteroatoms. The first-order valence-electron chi connectivity index (χ1n) is 6.84. The Morgan fingerprint density at radius 3 is 2.65 bits per heavy atom. The third-order valence-electron chi connectivity index (χ3n) is 3.02. The molecule has 2 aromatic heterocycles. The number of carbonyl (C=O) groups excluding carboxylic acids is 1. The summed E-state index contributed by atoms with van der Waals surface area (Å²) in [5.74, 6) is 1.57. The summed E-state index contributed by atoms with van der Waals surface area (Å²) in [7, 11) is 0. The first kappa shape index (κ1) is 15.2. The van der Waals surface area contributed by atoms with Crippen molar-refractivity contribution in [3.05, 3.63) is 64.5 Å². The molecule has 0 spiro atoms. The predicted molar refractivity (Wildman–Crippen MR) is 90.9 cm³/mol. The van der Waals surface area contributed by atoms with Gasteiger partial charge in [-0.3, -0.25) is 4.79 Å². The van der Waals surface area contributed by atoms with Crippen molar-refractivity contribution in [3.8, 4) is 0 Å². The Kier molecular flexibility index (Phi) is 4.38. The maximum Gasteiger partial charge on any atom is 0.257 e. The topological polar surface area (TPSA) is 80.0 Å². The molecule has 116 valence electrons. The molecule has 0 aliphatic rings. The number of nitrogens with zero attached hydrogens (tertiary/aromatic N) is 2. The number of aromatic nitrogens is 2. The van der Waals surface area contributed by atoms with E-state index >= 15 is 0 Å². The Morgan fingerprint density at radius 1 is 1.17 bits per heavy atom. The van der Waals surface area contributed by atoms with Gasteiger partial charge in [0.05, 0.1) is 17.4 Å². The smallest absolute Gasteiger partial charge is 0.257 e. The van der Waals surface area contributed by atoms with E-state index < -0.39 is 0 Å². The largest absolute Gasteiger partial charge is 0.360 e. The number of pyridine rings is 1. The SMILES string of the molecule is Cc1cc(Nc2ccc(NC(=O)c3ccccc3Br)nc2)no1. The fourth-order valence-corrected chi connectivity index (χ4v) is 2.41. The van der Waals surface area contributed by atoms with Crippen LogP contribution < -0.4 is 10.6 Å². The molecule has 0 atom stereocenters. The molecule has 0 aliphatic carbocycles. The molecular formula is C16H13BrN4O2. The maximum atomic E-state index is 12.2. The number of halogens is 1. The van der Waals surface area contributed by atoms with E-state index in [1.165, 1.54) is 0 Å². The first-order chi connectivity index (χ1) is 11.1. The summed E-state index contributed by atoms with van der Waals surface area (Å²) in [6, 6.07) is 12.5. The van der Waals surface area contributed by atoms with Crippen LogP contribution in [0.15, 0.2) is 57.7 Å². The van der Waals surface area contributed by atoms with Crippen molar-refractivity contribution in [1.29, 1.82) is 0 Å². The van der Waals surface area contributed by atoms with Crippen LogP contribution in [-0.2, 0) is 0 Å². The monoisotopic (exact) mass is 372 g/mol. The summed E-state index contributed by atoms with van der Waals surface area (Å²) in [4.78, 5) is 16.4. The van der Waals surface area contributed by atoms with E-state index in [4.69, 9.17) is 4.52 Å². The molecule has 0 aliphatic heterocycles. The highest BCUT2D eigenvalue weighted by Crippen LogP contribution is 2.19. The van der Waals surface area contributed by atoms with E-state index in [2.05, 4.69) is 36.7 Å². The molecule has 0 unspecified atom stereocenters. The van der Waals surface area contributed by atoms with Gasteiger partial charge in [-0.1, -0.05) is 17.3 Å². The van der Waals surface area contributed by atoms with Crippen molar-refractivity contribution in [2.75, 3.05) is 10.6 Å². The number of hydrogen-bond acceptors (Lipinski definition) is 5. The zero-order valence-electron chi connectivity index (χ0n) is 12.2. The fourth-order valence-electron chi connectivity index (χ4n) is 1.94. The minimum absolute atomic E-state index is 0.224. The number of nitrogens with one attached hydrogen (secondary N) is 2. The molecule has 0 saturated heterocycles. The van der Waals surface area contributed by atoms with E-state index in [0.717, 1.165) is 15.9 Å². The Labute approximate surface area is 141 Å². The second-order valence-electron chi connectivity index (χ2n) is 4.81. The molecule has 0 fully saturated rings. The number of amides is 1. The van der Waals surface area contributed by atoms with Crippen molar-refractivity contribution in [2.45, 2.75) is 6.92 Å². The average Bonchev–Trinajstić information content (AvgIpc) is 2.95. The van der Waals surface area contributed by atoms with Crippen LogP contribution in [0.25, 0.3) is 0 Å². The molecule has 3 rings (SSSR count). The highest BCUT2D eigenvalue weighted by Gasteiger charge is 2.10. The van der Waals surface area contributed by atoms with E-state index in [-0.39, 0.29) is 5.91 Å². The minimum Gasteiger partial charge on any atom is -0.360 e. The molecule has 3 aromatic rings. The molecule has 1 amide bonds. The highest BCUT2D eigenvalue weighted by molar-refractivity contribution is 9.10. The van der Waals surface area contributed by atoms with Gasteiger partial charge < -0.3 is 15.2 Å². The van der Waals surface area contributed by atoms with Gasteiger partial charge in [0.2, 0.25) is 0 Å². The number of anilines is 3. The van der Waals surface area contributed by atoms with E-state index in [9.17, 15) is 4.79 Å². The summed E-state index contributed by atoms with van der Waals surface area (Å²) in [5, 5.41) is 9.65. The molecule has 23 heavy (non-hydrogen) atoms. The minimum atomic E-state index is -0.224. The third kappa shape index (κ3) is 3.75. The number of aryl methyl sites for hydroxylation is 1. The average molecular weight is 373 g/mol. The number of rotatable bonds is 4. The zero-order chi connectivity index (χ0) is 16.2. The molecule has 1 aromatic carbocycles. The van der Waals surface area contributed by atoms with Crippen molar-refractivity contribution < 1.29 is 9.32 Å². The standard InChI is InChI=1S/C16H13BrN4O2/c1-10-8-15(21-23-10)19-11-6-7-14(18-9-11)20-16(22)12-4-2-3-5-13(12)17/h2-9H,1H3,(H,19,21)(H,18,20,22). The number of benzene rings is 1. The van der Waals surface area contributed by atoms with Crippen LogP contribution in [-0.4, -0.2) is 16.0 Å². The molecular weight excluding hydrogens is 360 g/mol. The lowest BCUT2D eigenvalue weighted by atomic mass is 10.2. The molecule has 2 N–H and O–H groups in total. The van der Waals surface area contributed by atoms with Crippen molar-refractivity contribution in [3.63, 3.8) is 0 Å². The second-order valence-corrected chi connectivity index (χ2v) is 5.67. The lowest BCUT2D eigenvalue weighted by Crippen LogP contribution is -2.13. The fraction of sp³-hybridized carbons (Fsp3) is 0.0625. The molecule has 6 nitrogen and oxygen atoms in total. The first-order valence-corrected chi connectivity index (χ1v) is 7.63. The Hall–Kier alpha value is -2.67. The van der Waals surface area contributed by atoms with Gasteiger partial charge in [-0.2, -0.15) is 0 Å². The Balaban J connectivity index is 1.68. The van der Waals surface area contributed by atoms with Gasteiger partial charge in [0.15, 0.2) is 5.82 Å². The molecule has 0 saturated carbocycles. The van der Waals surface area contributed by atoms with Gasteiger partial charge in [0.25, 0.3) is 5.91 Å². The van der Waals surface area contributed by atoms with Gasteiger partial charge in [0.1, 0.15) is 11.6 Å². The lowest BCUT2D eigenvalue weighted by molar-refractivity contribution is 0.102. The summed E-state index contributed by atoms with van der Waals surface area (Å²) in [6.07, 6.45) is 1.61. The van der Waals surface area contributed by atoms with E-state index in [0.29, 0.717) is 17.2 Å². The zero-order valence-corrected chi connectivity index (χ0v) is 13.8. The summed E-state index contributed by atoms with van der Waals surface area (Å²) in [5.41, 5.74) is 1.30. The van der Waals surface area contributed by atoms with Crippen LogP contribution in [0, 0.1) is 6.92 Å². The van der Waals surface area contributed by atoms with Crippen LogP contribution in [0.2, 0.25) is 0 Å². The van der Waals surface area contributed by atoms with Gasteiger partial charge in [-0.25, -0.2) is 4.98 Å². The molecule has 2 heterocycles. The van der Waals surface area contributed by atoms with Crippen LogP contribution in [0.5, 0.6) is 0 Å². The van der Waals surface area contributed by atoms with Crippen molar-refractivity contribution >= 4 is 39.2 Å². The second kappa shape index (κ2) is 6.62. The quantitative estimate of drug-likeness (QED) is 0.719. The lowest BCUT2D eigenvalue weighted by Gasteiger charge is -2.07. The maximum absolute atomic E-state index is 12.2.